The minimum atomic E-state index is 0.361. The number of aryl methyl sites for hydroxylation is 1. The lowest BCUT2D eigenvalue weighted by molar-refractivity contribution is 1.02. The lowest BCUT2D eigenvalue weighted by Crippen LogP contribution is -2.06. The Hall–Kier alpha value is -1.94. The van der Waals surface area contributed by atoms with Gasteiger partial charge in [-0.05, 0) is 12.5 Å². The summed E-state index contributed by atoms with van der Waals surface area (Å²) in [5.74, 6) is 1.10. The molecule has 0 fully saturated rings. The third kappa shape index (κ3) is 1.87. The van der Waals surface area contributed by atoms with E-state index >= 15 is 0 Å². The fourth-order valence-corrected chi connectivity index (χ4v) is 1.53. The van der Waals surface area contributed by atoms with Gasteiger partial charge in [-0.15, -0.1) is 0 Å². The Bertz CT molecular complexity index is 508. The molecule has 0 radical (unpaired) electrons. The lowest BCUT2D eigenvalue weighted by atomic mass is 10.1. The Kier molecular flexibility index (Phi) is 2.83. The fraction of sp³-hybridized carbons (Fsp3) is 0.167. The molecule has 1 aromatic heterocycles. The minimum Gasteiger partial charge on any atom is -0.383 e. The molecule has 0 saturated carbocycles. The second-order valence-corrected chi connectivity index (χ2v) is 3.62. The normalized spacial score (nSPS) is 10.4. The highest BCUT2D eigenvalue weighted by Gasteiger charge is 2.06. The van der Waals surface area contributed by atoms with Crippen LogP contribution in [0.25, 0.3) is 11.4 Å². The molecule has 0 aliphatic heterocycles. The van der Waals surface area contributed by atoms with Crippen LogP contribution >= 0.6 is 0 Å². The highest BCUT2D eigenvalue weighted by atomic mass is 14.9. The van der Waals surface area contributed by atoms with Crippen LogP contribution in [0.1, 0.15) is 11.1 Å². The summed E-state index contributed by atoms with van der Waals surface area (Å²) in [5, 5.41) is 0. The third-order valence-corrected chi connectivity index (χ3v) is 2.50. The van der Waals surface area contributed by atoms with Crippen LogP contribution in [0.2, 0.25) is 0 Å². The van der Waals surface area contributed by atoms with Gasteiger partial charge in [-0.25, -0.2) is 9.97 Å². The maximum absolute atomic E-state index is 5.79. The van der Waals surface area contributed by atoms with E-state index in [1.807, 2.05) is 31.2 Å². The summed E-state index contributed by atoms with van der Waals surface area (Å²) in [6.07, 6.45) is 1.68. The number of rotatable bonds is 2. The Morgan fingerprint density at radius 2 is 2.00 bits per heavy atom. The average Bonchev–Trinajstić information content (AvgIpc) is 2.29. The van der Waals surface area contributed by atoms with Crippen molar-refractivity contribution >= 4 is 5.82 Å². The molecule has 4 nitrogen and oxygen atoms in total. The molecule has 0 spiro atoms. The average molecular weight is 214 g/mol. The number of hydrogen-bond acceptors (Lipinski definition) is 4. The molecule has 0 bridgehead atoms. The Morgan fingerprint density at radius 1 is 1.25 bits per heavy atom. The molecule has 82 valence electrons. The molecule has 0 aliphatic rings. The number of hydrogen-bond donors (Lipinski definition) is 2. The first-order valence-electron chi connectivity index (χ1n) is 5.10. The first-order chi connectivity index (χ1) is 7.72. The number of aromatic nitrogens is 2. The van der Waals surface area contributed by atoms with Crippen molar-refractivity contribution in [3.8, 4) is 11.4 Å². The molecule has 0 amide bonds. The van der Waals surface area contributed by atoms with Crippen molar-refractivity contribution in [1.29, 1.82) is 0 Å². The van der Waals surface area contributed by atoms with Gasteiger partial charge >= 0.3 is 0 Å². The van der Waals surface area contributed by atoms with Crippen LogP contribution in [-0.4, -0.2) is 9.97 Å². The van der Waals surface area contributed by atoms with Crippen molar-refractivity contribution in [2.75, 3.05) is 5.73 Å². The summed E-state index contributed by atoms with van der Waals surface area (Å²) in [6, 6.07) is 7.94. The molecule has 2 aromatic rings. The first kappa shape index (κ1) is 10.6. The van der Waals surface area contributed by atoms with Crippen molar-refractivity contribution in [3.63, 3.8) is 0 Å². The fourth-order valence-electron chi connectivity index (χ4n) is 1.53. The topological polar surface area (TPSA) is 77.8 Å². The van der Waals surface area contributed by atoms with Gasteiger partial charge in [0, 0.05) is 23.9 Å². The van der Waals surface area contributed by atoms with Crippen molar-refractivity contribution < 1.29 is 0 Å². The van der Waals surface area contributed by atoms with Crippen molar-refractivity contribution in [1.82, 2.24) is 9.97 Å². The third-order valence-electron chi connectivity index (χ3n) is 2.50. The van der Waals surface area contributed by atoms with E-state index in [1.165, 1.54) is 0 Å². The number of nitrogens with zero attached hydrogens (tertiary/aromatic N) is 2. The van der Waals surface area contributed by atoms with Gasteiger partial charge in [0.25, 0.3) is 0 Å². The molecular formula is C12H14N4. The second kappa shape index (κ2) is 4.28. The van der Waals surface area contributed by atoms with E-state index in [4.69, 9.17) is 11.5 Å². The van der Waals surface area contributed by atoms with E-state index in [0.717, 1.165) is 16.7 Å². The summed E-state index contributed by atoms with van der Waals surface area (Å²) >= 11 is 0. The zero-order chi connectivity index (χ0) is 11.5. The van der Waals surface area contributed by atoms with E-state index in [2.05, 4.69) is 9.97 Å². The quantitative estimate of drug-likeness (QED) is 0.794. The number of nitrogen functional groups attached to an aromatic ring is 1. The molecule has 4 heteroatoms. The van der Waals surface area contributed by atoms with Gasteiger partial charge in [-0.2, -0.15) is 0 Å². The molecule has 4 N–H and O–H groups in total. The van der Waals surface area contributed by atoms with Crippen molar-refractivity contribution in [2.45, 2.75) is 13.5 Å². The summed E-state index contributed by atoms with van der Waals surface area (Å²) in [7, 11) is 0. The smallest absolute Gasteiger partial charge is 0.161 e. The maximum atomic E-state index is 5.79. The molecule has 1 heterocycles. The van der Waals surface area contributed by atoms with Gasteiger partial charge in [0.15, 0.2) is 5.82 Å². The standard InChI is InChI=1S/C12H14N4/c1-8-4-2-3-5-10(8)12-15-7-9(6-13)11(14)16-12/h2-5,7H,6,13H2,1H3,(H2,14,15,16). The lowest BCUT2D eigenvalue weighted by Gasteiger charge is -2.06. The molecule has 0 saturated heterocycles. The molecule has 0 atom stereocenters. The molecular weight excluding hydrogens is 200 g/mol. The Morgan fingerprint density at radius 3 is 2.62 bits per heavy atom. The van der Waals surface area contributed by atoms with Gasteiger partial charge in [-0.1, -0.05) is 24.3 Å². The van der Waals surface area contributed by atoms with Gasteiger partial charge in [0.1, 0.15) is 5.82 Å². The van der Waals surface area contributed by atoms with Crippen LogP contribution < -0.4 is 11.5 Å². The van der Waals surface area contributed by atoms with Gasteiger partial charge < -0.3 is 11.5 Å². The maximum Gasteiger partial charge on any atom is 0.161 e. The number of nitrogens with two attached hydrogens (primary N) is 2. The van der Waals surface area contributed by atoms with Crippen LogP contribution in [0.15, 0.2) is 30.5 Å². The second-order valence-electron chi connectivity index (χ2n) is 3.62. The van der Waals surface area contributed by atoms with E-state index < -0.39 is 0 Å². The minimum absolute atomic E-state index is 0.361. The first-order valence-corrected chi connectivity index (χ1v) is 5.10. The van der Waals surface area contributed by atoms with E-state index in [-0.39, 0.29) is 0 Å². The monoisotopic (exact) mass is 214 g/mol. The van der Waals surface area contributed by atoms with Gasteiger partial charge in [0.2, 0.25) is 0 Å². The Labute approximate surface area is 94.3 Å². The molecule has 16 heavy (non-hydrogen) atoms. The SMILES string of the molecule is Cc1ccccc1-c1ncc(CN)c(N)n1. The van der Waals surface area contributed by atoms with E-state index in [9.17, 15) is 0 Å². The van der Waals surface area contributed by atoms with Gasteiger partial charge in [0.05, 0.1) is 0 Å². The number of benzene rings is 1. The summed E-state index contributed by atoms with van der Waals surface area (Å²) < 4.78 is 0. The molecule has 0 unspecified atom stereocenters. The zero-order valence-corrected chi connectivity index (χ0v) is 9.14. The predicted octanol–water partition coefficient (Wildman–Crippen LogP) is 1.49. The zero-order valence-electron chi connectivity index (χ0n) is 9.14. The summed E-state index contributed by atoms with van der Waals surface area (Å²) in [5.41, 5.74) is 14.2. The Balaban J connectivity index is 2.50. The summed E-state index contributed by atoms with van der Waals surface area (Å²) in [6.45, 7) is 2.38. The van der Waals surface area contributed by atoms with E-state index in [1.54, 1.807) is 6.20 Å². The van der Waals surface area contributed by atoms with Crippen LogP contribution in [0, 0.1) is 6.92 Å². The van der Waals surface area contributed by atoms with Crippen LogP contribution in [0.5, 0.6) is 0 Å². The molecule has 0 aliphatic carbocycles. The van der Waals surface area contributed by atoms with Crippen LogP contribution in [0.4, 0.5) is 5.82 Å². The van der Waals surface area contributed by atoms with Crippen LogP contribution in [-0.2, 0) is 6.54 Å². The highest BCUT2D eigenvalue weighted by Crippen LogP contribution is 2.20. The van der Waals surface area contributed by atoms with Crippen molar-refractivity contribution in [3.05, 3.63) is 41.6 Å². The number of anilines is 1. The van der Waals surface area contributed by atoms with Crippen molar-refractivity contribution in [2.24, 2.45) is 5.73 Å². The largest absolute Gasteiger partial charge is 0.383 e. The molecule has 1 aromatic carbocycles. The van der Waals surface area contributed by atoms with Gasteiger partial charge in [-0.3, -0.25) is 0 Å². The summed E-state index contributed by atoms with van der Waals surface area (Å²) in [4.78, 5) is 8.53. The predicted molar refractivity (Wildman–Crippen MR) is 64.5 cm³/mol. The van der Waals surface area contributed by atoms with Crippen LogP contribution in [0.3, 0.4) is 0 Å². The van der Waals surface area contributed by atoms with E-state index in [0.29, 0.717) is 18.2 Å². The molecule has 2 rings (SSSR count). The highest BCUT2D eigenvalue weighted by molar-refractivity contribution is 5.61.